The monoisotopic (exact) mass is 358 g/mol. The highest BCUT2D eigenvalue weighted by molar-refractivity contribution is 5.91. The molecule has 0 saturated carbocycles. The second kappa shape index (κ2) is 9.10. The largest absolute Gasteiger partial charge is 0.334 e. The Balaban J connectivity index is 1.84. The van der Waals surface area contributed by atoms with Crippen LogP contribution in [-0.4, -0.2) is 43.9 Å². The van der Waals surface area contributed by atoms with Gasteiger partial charge in [0, 0.05) is 12.7 Å². The number of amides is 2. The number of nitrogens with zero attached hydrogens (tertiary/aromatic N) is 1. The molecular formula is C20H25FN3O2+. The summed E-state index contributed by atoms with van der Waals surface area (Å²) in [6.07, 6.45) is 0. The maximum atomic E-state index is 12.9. The fourth-order valence-electron chi connectivity index (χ4n) is 2.63. The average Bonchev–Trinajstić information content (AvgIpc) is 2.62. The molecule has 5 nitrogen and oxygen atoms in total. The summed E-state index contributed by atoms with van der Waals surface area (Å²) in [5, 5.41) is 2.70. The second-order valence-electron chi connectivity index (χ2n) is 6.46. The van der Waals surface area contributed by atoms with Crippen molar-refractivity contribution in [3.63, 3.8) is 0 Å². The smallest absolute Gasteiger partial charge is 0.279 e. The first-order valence-corrected chi connectivity index (χ1v) is 8.54. The van der Waals surface area contributed by atoms with Gasteiger partial charge in [0.1, 0.15) is 5.82 Å². The fraction of sp³-hybridized carbons (Fsp3) is 0.300. The average molecular weight is 358 g/mol. The number of benzene rings is 2. The molecular weight excluding hydrogens is 333 g/mol. The van der Waals surface area contributed by atoms with Gasteiger partial charge in [-0.1, -0.05) is 30.3 Å². The molecule has 1 unspecified atom stereocenters. The lowest BCUT2D eigenvalue weighted by atomic mass is 10.1. The number of rotatable bonds is 7. The molecule has 2 atom stereocenters. The molecule has 2 aromatic rings. The molecule has 2 amide bonds. The molecule has 0 heterocycles. The molecule has 26 heavy (non-hydrogen) atoms. The number of quaternary nitrogens is 1. The molecule has 0 fully saturated rings. The van der Waals surface area contributed by atoms with Crippen molar-refractivity contribution < 1.29 is 18.9 Å². The maximum absolute atomic E-state index is 12.9. The minimum atomic E-state index is -0.355. The van der Waals surface area contributed by atoms with Crippen molar-refractivity contribution in [1.29, 1.82) is 0 Å². The minimum Gasteiger partial charge on any atom is -0.334 e. The fourth-order valence-corrected chi connectivity index (χ4v) is 2.63. The number of nitrogens with one attached hydrogen (secondary N) is 2. The lowest BCUT2D eigenvalue weighted by Crippen LogP contribution is -3.11. The van der Waals surface area contributed by atoms with E-state index in [1.54, 1.807) is 19.0 Å². The topological polar surface area (TPSA) is 53.9 Å². The highest BCUT2D eigenvalue weighted by Gasteiger charge is 2.21. The number of anilines is 1. The van der Waals surface area contributed by atoms with Gasteiger partial charge in [0.25, 0.3) is 11.8 Å². The van der Waals surface area contributed by atoms with Crippen molar-refractivity contribution >= 4 is 17.5 Å². The normalized spacial score (nSPS) is 12.9. The lowest BCUT2D eigenvalue weighted by Gasteiger charge is -2.26. The second-order valence-corrected chi connectivity index (χ2v) is 6.46. The van der Waals surface area contributed by atoms with Crippen LogP contribution in [0.4, 0.5) is 10.1 Å². The van der Waals surface area contributed by atoms with Gasteiger partial charge >= 0.3 is 0 Å². The standard InChI is InChI=1S/C20H24FN3O2/c1-15(16-7-5-4-6-8-16)24(3)20(26)14-23(2)13-19(25)22-18-11-9-17(21)10-12-18/h4-12,15H,13-14H2,1-3H3,(H,22,25)/p+1/t15-/m1/s1. The molecule has 0 saturated heterocycles. The Morgan fingerprint density at radius 1 is 1.08 bits per heavy atom. The number of carbonyl (C=O) groups excluding carboxylic acids is 2. The van der Waals surface area contributed by atoms with E-state index >= 15 is 0 Å². The van der Waals surface area contributed by atoms with Gasteiger partial charge in [-0.3, -0.25) is 9.59 Å². The first kappa shape index (κ1) is 19.6. The highest BCUT2D eigenvalue weighted by Crippen LogP contribution is 2.17. The van der Waals surface area contributed by atoms with Gasteiger partial charge in [-0.05, 0) is 36.8 Å². The van der Waals surface area contributed by atoms with E-state index in [2.05, 4.69) is 5.32 Å². The van der Waals surface area contributed by atoms with E-state index in [-0.39, 0.29) is 36.8 Å². The Hall–Kier alpha value is -2.73. The molecule has 0 bridgehead atoms. The summed E-state index contributed by atoms with van der Waals surface area (Å²) in [6.45, 7) is 2.34. The maximum Gasteiger partial charge on any atom is 0.279 e. The Kier molecular flexibility index (Phi) is 6.86. The van der Waals surface area contributed by atoms with E-state index in [0.717, 1.165) is 10.5 Å². The summed E-state index contributed by atoms with van der Waals surface area (Å²) in [7, 11) is 3.56. The van der Waals surface area contributed by atoms with Crippen molar-refractivity contribution in [2.75, 3.05) is 32.5 Å². The number of halogens is 1. The van der Waals surface area contributed by atoms with Crippen LogP contribution in [0.3, 0.4) is 0 Å². The van der Waals surface area contributed by atoms with E-state index in [1.807, 2.05) is 37.3 Å². The van der Waals surface area contributed by atoms with Crippen molar-refractivity contribution in [2.24, 2.45) is 0 Å². The van der Waals surface area contributed by atoms with Crippen LogP contribution in [0.1, 0.15) is 18.5 Å². The van der Waals surface area contributed by atoms with Gasteiger partial charge in [-0.25, -0.2) is 4.39 Å². The molecule has 0 aromatic heterocycles. The van der Waals surface area contributed by atoms with Crippen molar-refractivity contribution in [3.8, 4) is 0 Å². The lowest BCUT2D eigenvalue weighted by molar-refractivity contribution is -0.862. The Morgan fingerprint density at radius 2 is 1.69 bits per heavy atom. The Morgan fingerprint density at radius 3 is 2.31 bits per heavy atom. The first-order valence-electron chi connectivity index (χ1n) is 8.54. The number of hydrogen-bond acceptors (Lipinski definition) is 2. The van der Waals surface area contributed by atoms with Gasteiger partial charge in [0.2, 0.25) is 0 Å². The molecule has 0 aliphatic heterocycles. The van der Waals surface area contributed by atoms with Gasteiger partial charge in [-0.15, -0.1) is 0 Å². The van der Waals surface area contributed by atoms with Crippen LogP contribution in [0.25, 0.3) is 0 Å². The first-order chi connectivity index (χ1) is 12.4. The summed E-state index contributed by atoms with van der Waals surface area (Å²) in [6, 6.07) is 15.3. The van der Waals surface area contributed by atoms with Crippen LogP contribution in [0.5, 0.6) is 0 Å². The van der Waals surface area contributed by atoms with Crippen LogP contribution < -0.4 is 10.2 Å². The summed E-state index contributed by atoms with van der Waals surface area (Å²) in [5.74, 6) is -0.610. The van der Waals surface area contributed by atoms with Crippen molar-refractivity contribution in [1.82, 2.24) is 4.90 Å². The summed E-state index contributed by atoms with van der Waals surface area (Å²) in [4.78, 5) is 27.0. The number of hydrogen-bond donors (Lipinski definition) is 2. The zero-order valence-electron chi connectivity index (χ0n) is 15.3. The van der Waals surface area contributed by atoms with E-state index < -0.39 is 0 Å². The van der Waals surface area contributed by atoms with Crippen molar-refractivity contribution in [2.45, 2.75) is 13.0 Å². The summed E-state index contributed by atoms with van der Waals surface area (Å²) < 4.78 is 12.9. The zero-order chi connectivity index (χ0) is 19.1. The zero-order valence-corrected chi connectivity index (χ0v) is 15.3. The molecule has 2 rings (SSSR count). The van der Waals surface area contributed by atoms with E-state index in [4.69, 9.17) is 0 Å². The Labute approximate surface area is 153 Å². The van der Waals surface area contributed by atoms with Crippen LogP contribution in [0, 0.1) is 5.82 Å². The van der Waals surface area contributed by atoms with Gasteiger partial charge in [0.15, 0.2) is 13.1 Å². The molecule has 138 valence electrons. The predicted octanol–water partition coefficient (Wildman–Crippen LogP) is 1.50. The molecule has 0 aliphatic rings. The van der Waals surface area contributed by atoms with Crippen LogP contribution in [-0.2, 0) is 9.59 Å². The molecule has 0 aliphatic carbocycles. The molecule has 0 spiro atoms. The number of likely N-dealkylation sites (N-methyl/N-ethyl adjacent to an activating group) is 2. The van der Waals surface area contributed by atoms with Gasteiger partial charge in [0.05, 0.1) is 13.1 Å². The summed E-state index contributed by atoms with van der Waals surface area (Å²) in [5.41, 5.74) is 1.60. The third kappa shape index (κ3) is 5.67. The van der Waals surface area contributed by atoms with E-state index in [1.165, 1.54) is 24.3 Å². The van der Waals surface area contributed by atoms with Crippen LogP contribution in [0.2, 0.25) is 0 Å². The van der Waals surface area contributed by atoms with Gasteiger partial charge in [-0.2, -0.15) is 0 Å². The third-order valence-electron chi connectivity index (χ3n) is 4.30. The predicted molar refractivity (Wildman–Crippen MR) is 99.3 cm³/mol. The third-order valence-corrected chi connectivity index (χ3v) is 4.30. The SMILES string of the molecule is C[C@H](c1ccccc1)N(C)C(=O)C[NH+](C)CC(=O)Nc1ccc(F)cc1. The van der Waals surface area contributed by atoms with Crippen molar-refractivity contribution in [3.05, 3.63) is 66.0 Å². The summed E-state index contributed by atoms with van der Waals surface area (Å²) >= 11 is 0. The van der Waals surface area contributed by atoms with Gasteiger partial charge < -0.3 is 15.1 Å². The highest BCUT2D eigenvalue weighted by atomic mass is 19.1. The van der Waals surface area contributed by atoms with E-state index in [9.17, 15) is 14.0 Å². The quantitative estimate of drug-likeness (QED) is 0.788. The molecule has 2 N–H and O–H groups in total. The minimum absolute atomic E-state index is 0.0339. The Bertz CT molecular complexity index is 734. The molecule has 6 heteroatoms. The molecule has 0 radical (unpaired) electrons. The van der Waals surface area contributed by atoms with Crippen LogP contribution >= 0.6 is 0 Å². The molecule has 2 aromatic carbocycles. The van der Waals surface area contributed by atoms with Crippen LogP contribution in [0.15, 0.2) is 54.6 Å². The van der Waals surface area contributed by atoms with E-state index in [0.29, 0.717) is 5.69 Å². The number of carbonyl (C=O) groups is 2.